The summed E-state index contributed by atoms with van der Waals surface area (Å²) in [5.74, 6) is -1.36. The van der Waals surface area contributed by atoms with Gasteiger partial charge >= 0.3 is 6.18 Å². The molecular formula is C23H16F6N2O2. The Balaban J connectivity index is 1.60. The smallest absolute Gasteiger partial charge is 0.458 e. The van der Waals surface area contributed by atoms with Crippen molar-refractivity contribution in [3.8, 4) is 29.0 Å². The van der Waals surface area contributed by atoms with E-state index < -0.39 is 34.6 Å². The van der Waals surface area contributed by atoms with Gasteiger partial charge in [0.1, 0.15) is 18.2 Å². The first kappa shape index (κ1) is 22.9. The van der Waals surface area contributed by atoms with Gasteiger partial charge in [-0.3, -0.25) is 0 Å². The lowest BCUT2D eigenvalue weighted by molar-refractivity contribution is -0.0696. The molecule has 1 fully saturated rings. The van der Waals surface area contributed by atoms with Crippen LogP contribution in [0.2, 0.25) is 0 Å². The molecule has 0 aliphatic carbocycles. The van der Waals surface area contributed by atoms with Gasteiger partial charge in [-0.15, -0.1) is 0 Å². The predicted molar refractivity (Wildman–Crippen MR) is 107 cm³/mol. The first-order valence-electron chi connectivity index (χ1n) is 9.99. The highest BCUT2D eigenvalue weighted by atomic mass is 19.4. The lowest BCUT2D eigenvalue weighted by atomic mass is 10.0. The Morgan fingerprint density at radius 1 is 1.03 bits per heavy atom. The normalized spacial score (nSPS) is 16.4. The van der Waals surface area contributed by atoms with Gasteiger partial charge in [-0.05, 0) is 42.8 Å². The average molecular weight is 466 g/mol. The summed E-state index contributed by atoms with van der Waals surface area (Å²) in [6.07, 6.45) is 0.776. The third-order valence-electron chi connectivity index (χ3n) is 5.01. The number of benzene rings is 2. The molecule has 1 saturated heterocycles. The van der Waals surface area contributed by atoms with Crippen molar-refractivity contribution in [3.63, 3.8) is 0 Å². The van der Waals surface area contributed by atoms with Crippen molar-refractivity contribution in [1.29, 1.82) is 0 Å². The van der Waals surface area contributed by atoms with Crippen molar-refractivity contribution >= 4 is 10.8 Å². The standard InChI is InChI=1S/C23H16F6N2O2/c24-18-8-13-7-14(9-19(25)20(13)21(26)17(18)4-5-23(27,28)29)22-30-10-16(11-31-22)33-12-15-3-1-2-6-32-15/h7-11,15H,1-3,6,12H2. The molecule has 1 aromatic heterocycles. The second-order valence-electron chi connectivity index (χ2n) is 7.39. The molecule has 0 radical (unpaired) electrons. The molecule has 2 aromatic carbocycles. The van der Waals surface area contributed by atoms with E-state index in [0.29, 0.717) is 25.0 Å². The fourth-order valence-corrected chi connectivity index (χ4v) is 3.46. The van der Waals surface area contributed by atoms with Gasteiger partial charge in [0.15, 0.2) is 17.4 Å². The van der Waals surface area contributed by atoms with Crippen molar-refractivity contribution in [1.82, 2.24) is 9.97 Å². The number of halogens is 6. The molecule has 1 unspecified atom stereocenters. The molecule has 2 heterocycles. The average Bonchev–Trinajstić information content (AvgIpc) is 2.77. The predicted octanol–water partition coefficient (Wildman–Crippen LogP) is 5.58. The van der Waals surface area contributed by atoms with Crippen molar-refractivity contribution in [2.45, 2.75) is 31.5 Å². The summed E-state index contributed by atoms with van der Waals surface area (Å²) >= 11 is 0. The van der Waals surface area contributed by atoms with Crippen LogP contribution in [0.4, 0.5) is 26.3 Å². The second-order valence-corrected chi connectivity index (χ2v) is 7.39. The minimum Gasteiger partial charge on any atom is -0.488 e. The zero-order chi connectivity index (χ0) is 23.6. The van der Waals surface area contributed by atoms with Gasteiger partial charge in [-0.1, -0.05) is 5.92 Å². The van der Waals surface area contributed by atoms with Crippen LogP contribution in [0, 0.1) is 29.3 Å². The monoisotopic (exact) mass is 466 g/mol. The highest BCUT2D eigenvalue weighted by molar-refractivity contribution is 5.89. The lowest BCUT2D eigenvalue weighted by Gasteiger charge is -2.22. The Kier molecular flexibility index (Phi) is 6.42. The van der Waals surface area contributed by atoms with Crippen LogP contribution in [0.15, 0.2) is 30.6 Å². The summed E-state index contributed by atoms with van der Waals surface area (Å²) < 4.78 is 91.5. The van der Waals surface area contributed by atoms with E-state index in [1.807, 2.05) is 0 Å². The highest BCUT2D eigenvalue weighted by Crippen LogP contribution is 2.30. The van der Waals surface area contributed by atoms with Crippen LogP contribution in [0.3, 0.4) is 0 Å². The van der Waals surface area contributed by atoms with E-state index in [1.54, 1.807) is 0 Å². The number of aromatic nitrogens is 2. The molecule has 1 aliphatic heterocycles. The number of hydrogen-bond donors (Lipinski definition) is 0. The molecule has 0 spiro atoms. The van der Waals surface area contributed by atoms with Crippen LogP contribution < -0.4 is 4.74 Å². The van der Waals surface area contributed by atoms with Crippen LogP contribution in [-0.2, 0) is 4.74 Å². The number of alkyl halides is 3. The van der Waals surface area contributed by atoms with E-state index in [4.69, 9.17) is 9.47 Å². The maximum atomic E-state index is 14.7. The van der Waals surface area contributed by atoms with Gasteiger partial charge < -0.3 is 9.47 Å². The molecule has 4 rings (SSSR count). The van der Waals surface area contributed by atoms with Crippen LogP contribution >= 0.6 is 0 Å². The van der Waals surface area contributed by atoms with E-state index in [1.165, 1.54) is 24.4 Å². The van der Waals surface area contributed by atoms with Gasteiger partial charge in [0, 0.05) is 18.1 Å². The molecular weight excluding hydrogens is 450 g/mol. The molecule has 0 N–H and O–H groups in total. The van der Waals surface area contributed by atoms with Crippen molar-refractivity contribution in [2.24, 2.45) is 0 Å². The summed E-state index contributed by atoms with van der Waals surface area (Å²) in [7, 11) is 0. The minimum absolute atomic E-state index is 0.0106. The molecule has 172 valence electrons. The number of ether oxygens (including phenoxy) is 2. The minimum atomic E-state index is -4.95. The van der Waals surface area contributed by atoms with Gasteiger partial charge in [0.05, 0.1) is 29.4 Å². The number of fused-ring (bicyclic) bond motifs is 1. The van der Waals surface area contributed by atoms with E-state index in [9.17, 15) is 26.3 Å². The summed E-state index contributed by atoms with van der Waals surface area (Å²) in [6.45, 7) is 1.03. The summed E-state index contributed by atoms with van der Waals surface area (Å²) in [5, 5.41) is -0.894. The van der Waals surface area contributed by atoms with E-state index in [2.05, 4.69) is 9.97 Å². The lowest BCUT2D eigenvalue weighted by Crippen LogP contribution is -2.25. The fraction of sp³-hybridized carbons (Fsp3) is 0.304. The molecule has 0 amide bonds. The van der Waals surface area contributed by atoms with E-state index in [0.717, 1.165) is 31.2 Å². The van der Waals surface area contributed by atoms with Crippen molar-refractivity contribution in [3.05, 3.63) is 53.6 Å². The third-order valence-corrected chi connectivity index (χ3v) is 5.01. The maximum Gasteiger partial charge on any atom is 0.458 e. The van der Waals surface area contributed by atoms with Crippen LogP contribution in [-0.4, -0.2) is 35.5 Å². The SMILES string of the molecule is Fc1cc2cc(-c3ncc(OCC4CCCCO4)cn3)cc(F)c2c(F)c1C#CC(F)(F)F. The second kappa shape index (κ2) is 9.27. The maximum absolute atomic E-state index is 14.7. The van der Waals surface area contributed by atoms with Crippen molar-refractivity contribution < 1.29 is 35.8 Å². The Morgan fingerprint density at radius 3 is 2.45 bits per heavy atom. The van der Waals surface area contributed by atoms with Gasteiger partial charge in [-0.2, -0.15) is 13.2 Å². The number of rotatable bonds is 4. The zero-order valence-electron chi connectivity index (χ0n) is 17.0. The molecule has 3 aromatic rings. The number of hydrogen-bond acceptors (Lipinski definition) is 4. The largest absolute Gasteiger partial charge is 0.488 e. The van der Waals surface area contributed by atoms with Gasteiger partial charge in [-0.25, -0.2) is 23.1 Å². The molecule has 1 atom stereocenters. The van der Waals surface area contributed by atoms with Crippen molar-refractivity contribution in [2.75, 3.05) is 13.2 Å². The Labute approximate surface area is 184 Å². The first-order valence-corrected chi connectivity index (χ1v) is 9.99. The van der Waals surface area contributed by atoms with Crippen LogP contribution in [0.5, 0.6) is 5.75 Å². The first-order chi connectivity index (χ1) is 15.7. The third kappa shape index (κ3) is 5.37. The summed E-state index contributed by atoms with van der Waals surface area (Å²) in [5.41, 5.74) is -1.04. The quantitative estimate of drug-likeness (QED) is 0.372. The van der Waals surface area contributed by atoms with Crippen LogP contribution in [0.1, 0.15) is 24.8 Å². The molecule has 10 heteroatoms. The van der Waals surface area contributed by atoms with Crippen LogP contribution in [0.25, 0.3) is 22.2 Å². The van der Waals surface area contributed by atoms with E-state index >= 15 is 0 Å². The molecule has 0 bridgehead atoms. The Hall–Kier alpha value is -3.32. The molecule has 33 heavy (non-hydrogen) atoms. The zero-order valence-corrected chi connectivity index (χ0v) is 17.0. The molecule has 4 nitrogen and oxygen atoms in total. The fourth-order valence-electron chi connectivity index (χ4n) is 3.46. The van der Waals surface area contributed by atoms with Gasteiger partial charge in [0.25, 0.3) is 0 Å². The molecule has 0 saturated carbocycles. The molecule has 1 aliphatic rings. The topological polar surface area (TPSA) is 44.2 Å². The van der Waals surface area contributed by atoms with Gasteiger partial charge in [0.2, 0.25) is 0 Å². The Bertz CT molecular complexity index is 1230. The summed E-state index contributed by atoms with van der Waals surface area (Å²) in [6, 6.07) is 2.86. The number of nitrogens with zero attached hydrogens (tertiary/aromatic N) is 2. The summed E-state index contributed by atoms with van der Waals surface area (Å²) in [4.78, 5) is 8.20. The van der Waals surface area contributed by atoms with E-state index in [-0.39, 0.29) is 22.9 Å². The highest BCUT2D eigenvalue weighted by Gasteiger charge is 2.24. The Morgan fingerprint density at radius 2 is 1.79 bits per heavy atom.